The highest BCUT2D eigenvalue weighted by Gasteiger charge is 2.44. The average Bonchev–Trinajstić information content (AvgIpc) is 3.33. The molecule has 0 spiro atoms. The molecule has 1 aromatic rings. The number of aryl methyl sites for hydroxylation is 1. The topological polar surface area (TPSA) is 27.6 Å². The molecule has 122 valence electrons. The van der Waals surface area contributed by atoms with Crippen LogP contribution < -0.4 is 5.32 Å². The van der Waals surface area contributed by atoms with Gasteiger partial charge in [0.1, 0.15) is 11.3 Å². The lowest BCUT2D eigenvalue weighted by molar-refractivity contribution is 0.274. The number of allylic oxidation sites excluding steroid dienone is 1. The van der Waals surface area contributed by atoms with Crippen LogP contribution in [0.1, 0.15) is 24.8 Å². The van der Waals surface area contributed by atoms with Crippen LogP contribution in [0.15, 0.2) is 34.6 Å². The number of alkyl halides is 1. The fraction of sp³-hybridized carbons (Fsp3) is 0.471. The fourth-order valence-electron chi connectivity index (χ4n) is 3.40. The first-order chi connectivity index (χ1) is 11.1. The third-order valence-corrected chi connectivity index (χ3v) is 5.37. The summed E-state index contributed by atoms with van der Waals surface area (Å²) < 4.78 is 13.6. The van der Waals surface area contributed by atoms with E-state index in [1.165, 1.54) is 18.9 Å². The van der Waals surface area contributed by atoms with Gasteiger partial charge < -0.3 is 4.90 Å². The van der Waals surface area contributed by atoms with Crippen LogP contribution in [0.2, 0.25) is 5.02 Å². The van der Waals surface area contributed by atoms with Gasteiger partial charge in [-0.2, -0.15) is 0 Å². The predicted octanol–water partition coefficient (Wildman–Crippen LogP) is 3.91. The number of nitrogens with one attached hydrogen (secondary N) is 1. The number of benzene rings is 1. The maximum absolute atomic E-state index is 13.6. The molecule has 0 radical (unpaired) electrons. The van der Waals surface area contributed by atoms with Crippen LogP contribution in [0.4, 0.5) is 4.39 Å². The molecule has 1 N–H and O–H groups in total. The van der Waals surface area contributed by atoms with E-state index in [9.17, 15) is 4.39 Å². The maximum atomic E-state index is 13.6. The lowest BCUT2D eigenvalue weighted by Crippen LogP contribution is -2.39. The number of halogens is 3. The summed E-state index contributed by atoms with van der Waals surface area (Å²) in [6.07, 6.45) is 6.28. The second kappa shape index (κ2) is 6.08. The summed E-state index contributed by atoms with van der Waals surface area (Å²) in [6, 6.07) is 4.96. The van der Waals surface area contributed by atoms with Crippen LogP contribution >= 0.6 is 23.2 Å². The zero-order valence-corrected chi connectivity index (χ0v) is 14.1. The SMILES string of the molecule is Fc1cc(CCC2=C3C(Cl)NC(C4CC4)N3CC=N2)ccc1Cl. The highest BCUT2D eigenvalue weighted by atomic mass is 35.5. The molecule has 0 amide bonds. The molecule has 2 aliphatic heterocycles. The summed E-state index contributed by atoms with van der Waals surface area (Å²) >= 11 is 12.2. The number of fused-ring (bicyclic) bond motifs is 1. The number of aliphatic imine (C=N–C) groups is 1. The van der Waals surface area contributed by atoms with Crippen LogP contribution in [0.25, 0.3) is 0 Å². The van der Waals surface area contributed by atoms with E-state index in [1.54, 1.807) is 6.07 Å². The van der Waals surface area contributed by atoms with Gasteiger partial charge in [0, 0.05) is 6.21 Å². The Labute approximate surface area is 145 Å². The molecule has 0 aromatic heterocycles. The molecule has 4 rings (SSSR count). The average molecular weight is 354 g/mol. The Morgan fingerprint density at radius 1 is 1.30 bits per heavy atom. The van der Waals surface area contributed by atoms with E-state index in [0.717, 1.165) is 36.3 Å². The Morgan fingerprint density at radius 2 is 2.13 bits per heavy atom. The van der Waals surface area contributed by atoms with Gasteiger partial charge in [-0.3, -0.25) is 10.3 Å². The van der Waals surface area contributed by atoms with E-state index < -0.39 is 0 Å². The number of hydrogen-bond donors (Lipinski definition) is 1. The van der Waals surface area contributed by atoms with E-state index in [-0.39, 0.29) is 16.3 Å². The second-order valence-corrected chi connectivity index (χ2v) is 7.20. The van der Waals surface area contributed by atoms with Gasteiger partial charge in [0.25, 0.3) is 0 Å². The first-order valence-corrected chi connectivity index (χ1v) is 8.81. The highest BCUT2D eigenvalue weighted by Crippen LogP contribution is 2.41. The molecular weight excluding hydrogens is 336 g/mol. The van der Waals surface area contributed by atoms with Gasteiger partial charge in [-0.25, -0.2) is 4.39 Å². The summed E-state index contributed by atoms with van der Waals surface area (Å²) in [5.41, 5.74) is 2.83. The lowest BCUT2D eigenvalue weighted by Gasteiger charge is -2.29. The molecule has 3 nitrogen and oxygen atoms in total. The summed E-state index contributed by atoms with van der Waals surface area (Å²) in [4.78, 5) is 6.91. The van der Waals surface area contributed by atoms with Crippen molar-refractivity contribution >= 4 is 29.4 Å². The van der Waals surface area contributed by atoms with E-state index in [2.05, 4.69) is 15.2 Å². The monoisotopic (exact) mass is 353 g/mol. The van der Waals surface area contributed by atoms with Gasteiger partial charge in [-0.05, 0) is 49.3 Å². The highest BCUT2D eigenvalue weighted by molar-refractivity contribution is 6.30. The van der Waals surface area contributed by atoms with Crippen LogP contribution in [0.5, 0.6) is 0 Å². The molecule has 3 aliphatic rings. The Kier molecular flexibility index (Phi) is 4.08. The fourth-order valence-corrected chi connectivity index (χ4v) is 3.89. The van der Waals surface area contributed by atoms with Crippen LogP contribution in [-0.4, -0.2) is 29.3 Å². The van der Waals surface area contributed by atoms with Crippen molar-refractivity contribution in [1.82, 2.24) is 10.2 Å². The molecule has 1 saturated carbocycles. The number of rotatable bonds is 4. The smallest absolute Gasteiger partial charge is 0.142 e. The molecule has 2 unspecified atom stereocenters. The van der Waals surface area contributed by atoms with Gasteiger partial charge in [0.05, 0.1) is 29.1 Å². The third-order valence-electron chi connectivity index (χ3n) is 4.73. The van der Waals surface area contributed by atoms with E-state index in [0.29, 0.717) is 12.1 Å². The minimum absolute atomic E-state index is 0.158. The molecule has 1 aliphatic carbocycles. The minimum atomic E-state index is -0.373. The normalized spacial score (nSPS) is 26.8. The minimum Gasteiger partial charge on any atom is -0.350 e. The van der Waals surface area contributed by atoms with Gasteiger partial charge in [0.15, 0.2) is 0 Å². The summed E-state index contributed by atoms with van der Waals surface area (Å²) in [5, 5.41) is 3.64. The van der Waals surface area contributed by atoms with Gasteiger partial charge in [0.2, 0.25) is 0 Å². The van der Waals surface area contributed by atoms with Crippen LogP contribution in [-0.2, 0) is 6.42 Å². The zero-order valence-electron chi connectivity index (χ0n) is 12.6. The quantitative estimate of drug-likeness (QED) is 0.656. The molecule has 2 fully saturated rings. The summed E-state index contributed by atoms with van der Waals surface area (Å²) in [6.45, 7) is 0.811. The molecule has 0 bridgehead atoms. The number of nitrogens with zero attached hydrogens (tertiary/aromatic N) is 2. The molecule has 2 heterocycles. The Hall–Kier alpha value is -1.10. The van der Waals surface area contributed by atoms with Gasteiger partial charge in [-0.15, -0.1) is 0 Å². The van der Waals surface area contributed by atoms with Crippen molar-refractivity contribution < 1.29 is 4.39 Å². The predicted molar refractivity (Wildman–Crippen MR) is 91.2 cm³/mol. The molecule has 2 atom stereocenters. The molecule has 1 aromatic carbocycles. The molecule has 23 heavy (non-hydrogen) atoms. The van der Waals surface area contributed by atoms with Crippen LogP contribution in [0, 0.1) is 11.7 Å². The van der Waals surface area contributed by atoms with E-state index >= 15 is 0 Å². The van der Waals surface area contributed by atoms with Gasteiger partial charge >= 0.3 is 0 Å². The van der Waals surface area contributed by atoms with E-state index in [4.69, 9.17) is 23.2 Å². The lowest BCUT2D eigenvalue weighted by atomic mass is 10.1. The Bertz CT molecular complexity index is 684. The van der Waals surface area contributed by atoms with Crippen molar-refractivity contribution in [2.75, 3.05) is 6.54 Å². The summed E-state index contributed by atoms with van der Waals surface area (Å²) in [7, 11) is 0. The molecule has 6 heteroatoms. The van der Waals surface area contributed by atoms with Crippen molar-refractivity contribution in [3.63, 3.8) is 0 Å². The Balaban J connectivity index is 1.52. The molecule has 1 saturated heterocycles. The van der Waals surface area contributed by atoms with Crippen molar-refractivity contribution in [3.8, 4) is 0 Å². The Morgan fingerprint density at radius 3 is 2.87 bits per heavy atom. The van der Waals surface area contributed by atoms with Crippen LogP contribution in [0.3, 0.4) is 0 Å². The summed E-state index contributed by atoms with van der Waals surface area (Å²) in [5.74, 6) is 0.328. The third kappa shape index (κ3) is 3.00. The standard InChI is InChI=1S/C17H18Cl2FN3/c18-12-5-1-10(9-13(12)20)2-6-14-15-16(19)22-17(11-3-4-11)23(15)8-7-21-14/h1,5,7,9,11,16-17,22H,2-4,6,8H2. The largest absolute Gasteiger partial charge is 0.350 e. The molecular formula is C17H18Cl2FN3. The van der Waals surface area contributed by atoms with Gasteiger partial charge in [-0.1, -0.05) is 29.3 Å². The number of hydrogen-bond acceptors (Lipinski definition) is 3. The van der Waals surface area contributed by atoms with Crippen molar-refractivity contribution in [1.29, 1.82) is 0 Å². The first kappa shape index (κ1) is 15.4. The van der Waals surface area contributed by atoms with Crippen molar-refractivity contribution in [3.05, 3.63) is 46.0 Å². The maximum Gasteiger partial charge on any atom is 0.142 e. The van der Waals surface area contributed by atoms with E-state index in [1.807, 2.05) is 12.3 Å². The first-order valence-electron chi connectivity index (χ1n) is 8.00. The second-order valence-electron chi connectivity index (χ2n) is 6.36. The van der Waals surface area contributed by atoms with Crippen molar-refractivity contribution in [2.45, 2.75) is 37.4 Å². The zero-order chi connectivity index (χ0) is 16.0. The van der Waals surface area contributed by atoms with Crippen molar-refractivity contribution in [2.24, 2.45) is 10.9 Å².